The highest BCUT2D eigenvalue weighted by Crippen LogP contribution is 2.36. The predicted octanol–water partition coefficient (Wildman–Crippen LogP) is 3.55. The molecule has 2 aromatic rings. The molecule has 1 aliphatic heterocycles. The van der Waals surface area contributed by atoms with Crippen LogP contribution < -0.4 is 9.47 Å². The van der Waals surface area contributed by atoms with Crippen molar-refractivity contribution in [2.75, 3.05) is 13.7 Å². The van der Waals surface area contributed by atoms with Crippen molar-refractivity contribution in [2.24, 2.45) is 4.99 Å². The molecule has 3 rings (SSSR count). The Hall–Kier alpha value is -2.89. The number of hydrogen-bond donors (Lipinski definition) is 0. The molecular formula is C17H16N2O4. The van der Waals surface area contributed by atoms with Crippen LogP contribution in [0.2, 0.25) is 0 Å². The van der Waals surface area contributed by atoms with E-state index in [0.717, 1.165) is 29.0 Å². The summed E-state index contributed by atoms with van der Waals surface area (Å²) in [6.07, 6.45) is 2.52. The van der Waals surface area contributed by atoms with Gasteiger partial charge in [-0.15, -0.1) is 0 Å². The number of nitro groups is 1. The molecule has 0 radical (unpaired) electrons. The van der Waals surface area contributed by atoms with E-state index >= 15 is 0 Å². The minimum Gasteiger partial charge on any atom is -0.497 e. The third kappa shape index (κ3) is 3.31. The van der Waals surface area contributed by atoms with Crippen molar-refractivity contribution in [3.05, 3.63) is 63.7 Å². The second kappa shape index (κ2) is 6.48. The number of aliphatic imine (C=N–C) groups is 1. The van der Waals surface area contributed by atoms with E-state index in [1.54, 1.807) is 25.5 Å². The highest BCUT2D eigenvalue weighted by Gasteiger charge is 2.21. The van der Waals surface area contributed by atoms with E-state index < -0.39 is 4.92 Å². The highest BCUT2D eigenvalue weighted by molar-refractivity contribution is 5.80. The Bertz CT molecular complexity index is 741. The molecule has 1 aliphatic rings. The molecule has 0 saturated carbocycles. The predicted molar refractivity (Wildman–Crippen MR) is 86.5 cm³/mol. The molecule has 0 aliphatic carbocycles. The summed E-state index contributed by atoms with van der Waals surface area (Å²) in [6.45, 7) is 0.613. The van der Waals surface area contributed by atoms with E-state index in [-0.39, 0.29) is 11.7 Å². The molecule has 6 heteroatoms. The number of nitrogens with zero attached hydrogens (tertiary/aromatic N) is 2. The fourth-order valence-corrected chi connectivity index (χ4v) is 2.49. The molecule has 0 fully saturated rings. The van der Waals surface area contributed by atoms with Crippen LogP contribution >= 0.6 is 0 Å². The summed E-state index contributed by atoms with van der Waals surface area (Å²) in [7, 11) is 1.63. The van der Waals surface area contributed by atoms with E-state index in [1.165, 1.54) is 12.1 Å². The van der Waals surface area contributed by atoms with Gasteiger partial charge in [0, 0.05) is 30.3 Å². The fraction of sp³-hybridized carbons (Fsp3) is 0.235. The van der Waals surface area contributed by atoms with Crippen molar-refractivity contribution in [3.63, 3.8) is 0 Å². The molecule has 0 amide bonds. The van der Waals surface area contributed by atoms with Crippen LogP contribution in [-0.4, -0.2) is 24.9 Å². The minimum atomic E-state index is -0.415. The smallest absolute Gasteiger partial charge is 0.269 e. The summed E-state index contributed by atoms with van der Waals surface area (Å²) in [5, 5.41) is 10.7. The van der Waals surface area contributed by atoms with Crippen LogP contribution in [0, 0.1) is 10.1 Å². The molecule has 0 bridgehead atoms. The van der Waals surface area contributed by atoms with Crippen LogP contribution in [0.3, 0.4) is 0 Å². The zero-order valence-electron chi connectivity index (χ0n) is 12.6. The lowest BCUT2D eigenvalue weighted by atomic mass is 10.0. The maximum absolute atomic E-state index is 10.7. The number of benzene rings is 2. The van der Waals surface area contributed by atoms with Crippen LogP contribution in [0.1, 0.15) is 23.6 Å². The molecule has 118 valence electrons. The number of nitro benzene ring substituents is 1. The summed E-state index contributed by atoms with van der Waals surface area (Å²) in [5.74, 6) is 1.59. The Balaban J connectivity index is 1.82. The topological polar surface area (TPSA) is 74.0 Å². The number of ether oxygens (including phenoxy) is 2. The molecule has 1 unspecified atom stereocenters. The lowest BCUT2D eigenvalue weighted by Gasteiger charge is -2.23. The van der Waals surface area contributed by atoms with Crippen molar-refractivity contribution in [1.29, 1.82) is 0 Å². The van der Waals surface area contributed by atoms with Crippen molar-refractivity contribution in [3.8, 4) is 11.5 Å². The van der Waals surface area contributed by atoms with Crippen molar-refractivity contribution in [1.82, 2.24) is 0 Å². The summed E-state index contributed by atoms with van der Waals surface area (Å²) in [6, 6.07) is 12.0. The second-order valence-corrected chi connectivity index (χ2v) is 5.18. The van der Waals surface area contributed by atoms with E-state index in [0.29, 0.717) is 6.61 Å². The number of rotatable bonds is 4. The SMILES string of the molecule is COc1ccc2c(c1)C(N=Cc1ccc([N+](=O)[O-])cc1)CCO2. The molecule has 23 heavy (non-hydrogen) atoms. The van der Waals surface area contributed by atoms with Gasteiger partial charge in [-0.05, 0) is 35.9 Å². The van der Waals surface area contributed by atoms with Gasteiger partial charge in [0.1, 0.15) is 11.5 Å². The van der Waals surface area contributed by atoms with Crippen molar-refractivity contribution < 1.29 is 14.4 Å². The van der Waals surface area contributed by atoms with Crippen molar-refractivity contribution in [2.45, 2.75) is 12.5 Å². The molecule has 1 atom stereocenters. The zero-order valence-corrected chi connectivity index (χ0v) is 12.6. The van der Waals surface area contributed by atoms with Gasteiger partial charge in [0.05, 0.1) is 24.7 Å². The first-order chi connectivity index (χ1) is 11.2. The van der Waals surface area contributed by atoms with Crippen molar-refractivity contribution >= 4 is 11.9 Å². The van der Waals surface area contributed by atoms with Crippen LogP contribution in [-0.2, 0) is 0 Å². The third-order valence-corrected chi connectivity index (χ3v) is 3.73. The fourth-order valence-electron chi connectivity index (χ4n) is 2.49. The lowest BCUT2D eigenvalue weighted by molar-refractivity contribution is -0.384. The maximum atomic E-state index is 10.7. The van der Waals surface area contributed by atoms with Gasteiger partial charge in [0.2, 0.25) is 0 Å². The maximum Gasteiger partial charge on any atom is 0.269 e. The molecule has 0 N–H and O–H groups in total. The second-order valence-electron chi connectivity index (χ2n) is 5.18. The van der Waals surface area contributed by atoms with Crippen LogP contribution in [0.5, 0.6) is 11.5 Å². The summed E-state index contributed by atoms with van der Waals surface area (Å²) in [5.41, 5.74) is 1.89. The first-order valence-corrected chi connectivity index (χ1v) is 7.26. The number of non-ortho nitro benzene ring substituents is 1. The Morgan fingerprint density at radius 3 is 2.78 bits per heavy atom. The average molecular weight is 312 g/mol. The van der Waals surface area contributed by atoms with E-state index in [1.807, 2.05) is 18.2 Å². The third-order valence-electron chi connectivity index (χ3n) is 3.73. The molecule has 6 nitrogen and oxygen atoms in total. The van der Waals surface area contributed by atoms with Gasteiger partial charge in [0.25, 0.3) is 5.69 Å². The van der Waals surface area contributed by atoms with Gasteiger partial charge in [-0.1, -0.05) is 0 Å². The molecule has 2 aromatic carbocycles. The quantitative estimate of drug-likeness (QED) is 0.491. The van der Waals surface area contributed by atoms with Gasteiger partial charge < -0.3 is 9.47 Å². The Morgan fingerprint density at radius 2 is 2.09 bits per heavy atom. The molecule has 0 saturated heterocycles. The van der Waals surface area contributed by atoms with E-state index in [9.17, 15) is 10.1 Å². The van der Waals surface area contributed by atoms with Crippen LogP contribution in [0.25, 0.3) is 0 Å². The molecule has 1 heterocycles. The summed E-state index contributed by atoms with van der Waals surface area (Å²) >= 11 is 0. The summed E-state index contributed by atoms with van der Waals surface area (Å²) < 4.78 is 10.9. The molecular weight excluding hydrogens is 296 g/mol. The zero-order chi connectivity index (χ0) is 16.2. The van der Waals surface area contributed by atoms with Crippen LogP contribution in [0.15, 0.2) is 47.5 Å². The first-order valence-electron chi connectivity index (χ1n) is 7.26. The Morgan fingerprint density at radius 1 is 1.30 bits per heavy atom. The first kappa shape index (κ1) is 15.0. The van der Waals surface area contributed by atoms with Gasteiger partial charge >= 0.3 is 0 Å². The molecule has 0 aromatic heterocycles. The molecule has 0 spiro atoms. The monoisotopic (exact) mass is 312 g/mol. The summed E-state index contributed by atoms with van der Waals surface area (Å²) in [4.78, 5) is 14.9. The average Bonchev–Trinajstić information content (AvgIpc) is 2.59. The van der Waals surface area contributed by atoms with E-state index in [4.69, 9.17) is 9.47 Å². The van der Waals surface area contributed by atoms with Crippen LogP contribution in [0.4, 0.5) is 5.69 Å². The standard InChI is InChI=1S/C17H16N2O4/c1-22-14-6-7-17-15(10-14)16(8-9-23-17)18-11-12-2-4-13(5-3-12)19(20)21/h2-7,10-11,16H,8-9H2,1H3. The van der Waals surface area contributed by atoms with E-state index in [2.05, 4.69) is 4.99 Å². The number of fused-ring (bicyclic) bond motifs is 1. The largest absolute Gasteiger partial charge is 0.497 e. The highest BCUT2D eigenvalue weighted by atomic mass is 16.6. The van der Waals surface area contributed by atoms with Gasteiger partial charge in [-0.3, -0.25) is 15.1 Å². The Kier molecular flexibility index (Phi) is 4.23. The Labute approximate surface area is 133 Å². The normalized spacial score (nSPS) is 16.7. The minimum absolute atomic E-state index is 0.0101. The number of methoxy groups -OCH3 is 1. The van der Waals surface area contributed by atoms with Gasteiger partial charge in [-0.25, -0.2) is 0 Å². The lowest BCUT2D eigenvalue weighted by Crippen LogP contribution is -2.13. The van der Waals surface area contributed by atoms with Gasteiger partial charge in [0.15, 0.2) is 0 Å². The van der Waals surface area contributed by atoms with Gasteiger partial charge in [-0.2, -0.15) is 0 Å². The number of hydrogen-bond acceptors (Lipinski definition) is 5.